The second-order valence-corrected chi connectivity index (χ2v) is 7.39. The first-order valence-corrected chi connectivity index (χ1v) is 9.50. The Morgan fingerprint density at radius 1 is 1.12 bits per heavy atom. The molecule has 0 radical (unpaired) electrons. The molecule has 2 fully saturated rings. The van der Waals surface area contributed by atoms with Gasteiger partial charge in [0.25, 0.3) is 0 Å². The van der Waals surface area contributed by atoms with Gasteiger partial charge in [0.15, 0.2) is 0 Å². The molecule has 0 aromatic carbocycles. The Labute approximate surface area is 145 Å². The number of hydrogen-bond acceptors (Lipinski definition) is 4. The van der Waals surface area contributed by atoms with Crippen molar-refractivity contribution < 1.29 is 4.79 Å². The molecule has 1 atom stereocenters. The number of amides is 1. The highest BCUT2D eigenvalue weighted by molar-refractivity contribution is 5.76. The van der Waals surface area contributed by atoms with Crippen molar-refractivity contribution in [3.8, 4) is 0 Å². The van der Waals surface area contributed by atoms with Crippen LogP contribution in [0, 0.1) is 19.8 Å². The monoisotopic (exact) mass is 333 g/mol. The number of piperidine rings is 2. The first kappa shape index (κ1) is 17.4. The van der Waals surface area contributed by atoms with E-state index in [4.69, 9.17) is 0 Å². The normalized spacial score (nSPS) is 22.8. The lowest BCUT2D eigenvalue weighted by molar-refractivity contribution is -0.132. The molecule has 6 nitrogen and oxygen atoms in total. The minimum absolute atomic E-state index is 0.347. The molecule has 6 heteroatoms. The Morgan fingerprint density at radius 3 is 2.62 bits per heavy atom. The summed E-state index contributed by atoms with van der Waals surface area (Å²) < 4.78 is 2.04. The summed E-state index contributed by atoms with van der Waals surface area (Å²) in [5.74, 6) is 2.82. The number of hydrogen-bond donors (Lipinski definition) is 0. The Balaban J connectivity index is 1.45. The Hall–Kier alpha value is -1.43. The van der Waals surface area contributed by atoms with Crippen LogP contribution < -0.4 is 0 Å². The van der Waals surface area contributed by atoms with Gasteiger partial charge in [-0.3, -0.25) is 4.79 Å². The van der Waals surface area contributed by atoms with E-state index >= 15 is 0 Å². The maximum Gasteiger partial charge on any atom is 0.223 e. The van der Waals surface area contributed by atoms with Gasteiger partial charge in [-0.2, -0.15) is 5.10 Å². The molecule has 0 saturated carbocycles. The third-order valence-corrected chi connectivity index (χ3v) is 5.35. The lowest BCUT2D eigenvalue weighted by Crippen LogP contribution is -2.41. The molecule has 0 N–H and O–H groups in total. The molecule has 134 valence electrons. The van der Waals surface area contributed by atoms with Gasteiger partial charge in [0, 0.05) is 39.1 Å². The molecular formula is C18H31N5O. The van der Waals surface area contributed by atoms with Gasteiger partial charge in [-0.05, 0) is 58.4 Å². The lowest BCUT2D eigenvalue weighted by Gasteiger charge is -2.33. The van der Waals surface area contributed by atoms with Crippen LogP contribution >= 0.6 is 0 Å². The van der Waals surface area contributed by atoms with E-state index in [1.54, 1.807) is 0 Å². The van der Waals surface area contributed by atoms with Gasteiger partial charge in [-0.15, -0.1) is 0 Å². The molecule has 0 bridgehead atoms. The van der Waals surface area contributed by atoms with E-state index in [-0.39, 0.29) is 0 Å². The van der Waals surface area contributed by atoms with Gasteiger partial charge in [0.1, 0.15) is 11.6 Å². The van der Waals surface area contributed by atoms with Gasteiger partial charge in [0.05, 0.1) is 0 Å². The molecule has 1 aromatic rings. The van der Waals surface area contributed by atoms with E-state index in [2.05, 4.69) is 19.9 Å². The van der Waals surface area contributed by atoms with Crippen molar-refractivity contribution >= 4 is 5.91 Å². The van der Waals surface area contributed by atoms with E-state index in [0.29, 0.717) is 18.2 Å². The maximum atomic E-state index is 12.3. The quantitative estimate of drug-likeness (QED) is 0.827. The number of aryl methyl sites for hydroxylation is 2. The lowest BCUT2D eigenvalue weighted by atomic mass is 9.98. The zero-order chi connectivity index (χ0) is 16.9. The van der Waals surface area contributed by atoms with Crippen molar-refractivity contribution in [2.75, 3.05) is 32.7 Å². The van der Waals surface area contributed by atoms with Gasteiger partial charge < -0.3 is 9.80 Å². The third-order valence-electron chi connectivity index (χ3n) is 5.35. The molecule has 2 saturated heterocycles. The minimum Gasteiger partial charge on any atom is -0.343 e. The van der Waals surface area contributed by atoms with Gasteiger partial charge in [0.2, 0.25) is 5.91 Å². The van der Waals surface area contributed by atoms with Crippen LogP contribution in [0.15, 0.2) is 0 Å². The summed E-state index contributed by atoms with van der Waals surface area (Å²) in [6.45, 7) is 9.95. The van der Waals surface area contributed by atoms with Crippen molar-refractivity contribution in [1.82, 2.24) is 24.6 Å². The third kappa shape index (κ3) is 4.56. The first-order valence-electron chi connectivity index (χ1n) is 9.50. The standard InChI is InChI=1S/C18H31N5O/c1-15-19-16(2)23(20-15)14-17-7-6-9-21(13-17)12-8-18(24)22-10-4-3-5-11-22/h17H,3-14H2,1-2H3/t17-/m0/s1. The second-order valence-electron chi connectivity index (χ2n) is 7.39. The SMILES string of the molecule is Cc1nc(C)n(C[C@H]2CCCN(CCC(=O)N3CCCCC3)C2)n1. The molecule has 1 amide bonds. The topological polar surface area (TPSA) is 54.3 Å². The average Bonchev–Trinajstić information content (AvgIpc) is 2.91. The summed E-state index contributed by atoms with van der Waals surface area (Å²) >= 11 is 0. The molecule has 2 aliphatic rings. The summed E-state index contributed by atoms with van der Waals surface area (Å²) in [5.41, 5.74) is 0. The molecule has 1 aromatic heterocycles. The van der Waals surface area contributed by atoms with E-state index in [0.717, 1.165) is 50.9 Å². The number of nitrogens with zero attached hydrogens (tertiary/aromatic N) is 5. The first-order chi connectivity index (χ1) is 11.6. The van der Waals surface area contributed by atoms with Crippen LogP contribution in [0.1, 0.15) is 50.2 Å². The molecule has 2 aliphatic heterocycles. The molecule has 0 aliphatic carbocycles. The highest BCUT2D eigenvalue weighted by Gasteiger charge is 2.23. The van der Waals surface area contributed by atoms with E-state index < -0.39 is 0 Å². The zero-order valence-corrected chi connectivity index (χ0v) is 15.2. The fourth-order valence-electron chi connectivity index (χ4n) is 4.04. The number of carbonyl (C=O) groups is 1. The van der Waals surface area contributed by atoms with Crippen LogP contribution in [0.3, 0.4) is 0 Å². The summed E-state index contributed by atoms with van der Waals surface area (Å²) in [6.07, 6.45) is 6.76. The Kier molecular flexibility index (Phi) is 5.87. The smallest absolute Gasteiger partial charge is 0.223 e. The van der Waals surface area contributed by atoms with E-state index in [1.807, 2.05) is 18.5 Å². The fourth-order valence-corrected chi connectivity index (χ4v) is 4.04. The Bertz CT molecular complexity index is 550. The number of carbonyl (C=O) groups excluding carboxylic acids is 1. The van der Waals surface area contributed by atoms with Crippen molar-refractivity contribution in [2.45, 2.75) is 58.9 Å². The predicted molar refractivity (Wildman–Crippen MR) is 93.7 cm³/mol. The summed E-state index contributed by atoms with van der Waals surface area (Å²) in [7, 11) is 0. The summed E-state index contributed by atoms with van der Waals surface area (Å²) in [5, 5.41) is 4.49. The molecule has 0 unspecified atom stereocenters. The summed E-state index contributed by atoms with van der Waals surface area (Å²) in [6, 6.07) is 0. The van der Waals surface area contributed by atoms with Crippen molar-refractivity contribution in [3.63, 3.8) is 0 Å². The number of likely N-dealkylation sites (tertiary alicyclic amines) is 2. The largest absolute Gasteiger partial charge is 0.343 e. The fraction of sp³-hybridized carbons (Fsp3) is 0.833. The summed E-state index contributed by atoms with van der Waals surface area (Å²) in [4.78, 5) is 21.3. The zero-order valence-electron chi connectivity index (χ0n) is 15.2. The molecule has 3 heterocycles. The van der Waals surface area contributed by atoms with Crippen LogP contribution in [-0.4, -0.2) is 63.2 Å². The van der Waals surface area contributed by atoms with Crippen molar-refractivity contribution in [1.29, 1.82) is 0 Å². The van der Waals surface area contributed by atoms with Crippen LogP contribution in [0.5, 0.6) is 0 Å². The van der Waals surface area contributed by atoms with Gasteiger partial charge in [-0.25, -0.2) is 9.67 Å². The van der Waals surface area contributed by atoms with E-state index in [9.17, 15) is 4.79 Å². The van der Waals surface area contributed by atoms with Crippen LogP contribution in [0.25, 0.3) is 0 Å². The molecule has 3 rings (SSSR count). The Morgan fingerprint density at radius 2 is 1.92 bits per heavy atom. The van der Waals surface area contributed by atoms with Crippen molar-refractivity contribution in [2.24, 2.45) is 5.92 Å². The van der Waals surface area contributed by atoms with Gasteiger partial charge >= 0.3 is 0 Å². The number of rotatable bonds is 5. The van der Waals surface area contributed by atoms with Crippen LogP contribution in [0.4, 0.5) is 0 Å². The molecular weight excluding hydrogens is 302 g/mol. The predicted octanol–water partition coefficient (Wildman–Crippen LogP) is 2.01. The maximum absolute atomic E-state index is 12.3. The highest BCUT2D eigenvalue weighted by Crippen LogP contribution is 2.19. The van der Waals surface area contributed by atoms with E-state index in [1.165, 1.54) is 32.1 Å². The highest BCUT2D eigenvalue weighted by atomic mass is 16.2. The van der Waals surface area contributed by atoms with Gasteiger partial charge in [-0.1, -0.05) is 0 Å². The number of aromatic nitrogens is 3. The van der Waals surface area contributed by atoms with Crippen LogP contribution in [0.2, 0.25) is 0 Å². The molecule has 0 spiro atoms. The minimum atomic E-state index is 0.347. The van der Waals surface area contributed by atoms with Crippen LogP contribution in [-0.2, 0) is 11.3 Å². The second kappa shape index (κ2) is 8.10. The van der Waals surface area contributed by atoms with Crippen molar-refractivity contribution in [3.05, 3.63) is 11.6 Å². The molecule has 24 heavy (non-hydrogen) atoms. The average molecular weight is 333 g/mol.